The number of benzene rings is 1. The number of amides is 1. The van der Waals surface area contributed by atoms with Gasteiger partial charge in [-0.1, -0.05) is 17.7 Å². The van der Waals surface area contributed by atoms with Crippen LogP contribution in [0.5, 0.6) is 0 Å². The molecule has 1 aromatic heterocycles. The largest absolute Gasteiger partial charge is 0.450 e. The van der Waals surface area contributed by atoms with Crippen molar-refractivity contribution in [1.29, 1.82) is 5.26 Å². The molecule has 5 nitrogen and oxygen atoms in total. The number of nitrogens with zero attached hydrogens (tertiary/aromatic N) is 3. The number of fused-ring (bicyclic) bond motifs is 2. The molecule has 0 saturated carbocycles. The Morgan fingerprint density at radius 1 is 1.18 bits per heavy atom. The molecule has 28 heavy (non-hydrogen) atoms. The fourth-order valence-electron chi connectivity index (χ4n) is 4.16. The van der Waals surface area contributed by atoms with Crippen LogP contribution in [0.3, 0.4) is 0 Å². The van der Waals surface area contributed by atoms with Crippen molar-refractivity contribution in [2.24, 2.45) is 0 Å². The van der Waals surface area contributed by atoms with Gasteiger partial charge >= 0.3 is 6.09 Å². The van der Waals surface area contributed by atoms with Gasteiger partial charge in [-0.25, -0.2) is 4.79 Å². The van der Waals surface area contributed by atoms with Crippen molar-refractivity contribution in [1.82, 2.24) is 9.88 Å². The van der Waals surface area contributed by atoms with Crippen molar-refractivity contribution >= 4 is 11.7 Å². The molecule has 2 heterocycles. The number of likely N-dealkylation sites (tertiary alicyclic amines) is 1. The highest BCUT2D eigenvalue weighted by molar-refractivity contribution is 5.85. The summed E-state index contributed by atoms with van der Waals surface area (Å²) in [6, 6.07) is 12.4. The van der Waals surface area contributed by atoms with Gasteiger partial charge in [0.05, 0.1) is 23.9 Å². The molecule has 1 aliphatic heterocycles. The van der Waals surface area contributed by atoms with Crippen LogP contribution in [-0.4, -0.2) is 35.7 Å². The molecule has 142 valence electrons. The molecule has 2 aromatic rings. The van der Waals surface area contributed by atoms with Crippen LogP contribution in [0, 0.1) is 11.3 Å². The van der Waals surface area contributed by atoms with Gasteiger partial charge in [-0.3, -0.25) is 4.98 Å². The van der Waals surface area contributed by atoms with Gasteiger partial charge in [-0.15, -0.1) is 0 Å². The van der Waals surface area contributed by atoms with Gasteiger partial charge in [0, 0.05) is 24.9 Å². The molecule has 0 bridgehead atoms. The van der Waals surface area contributed by atoms with Crippen LogP contribution in [-0.2, 0) is 17.6 Å². The van der Waals surface area contributed by atoms with Crippen LogP contribution < -0.4 is 0 Å². The van der Waals surface area contributed by atoms with Crippen LogP contribution in [0.4, 0.5) is 4.79 Å². The average molecular weight is 373 g/mol. The molecule has 0 atom stereocenters. The Kier molecular flexibility index (Phi) is 5.12. The maximum absolute atomic E-state index is 12.0. The molecule has 4 rings (SSSR count). The van der Waals surface area contributed by atoms with E-state index in [0.717, 1.165) is 31.4 Å². The van der Waals surface area contributed by atoms with Gasteiger partial charge in [-0.2, -0.15) is 5.26 Å². The SMILES string of the molecule is CCOC(=O)N1CCC(=C2c3ccc(C#N)cc3CCc3cccnc32)CC1. The molecule has 1 aromatic carbocycles. The number of rotatable bonds is 1. The third-order valence-corrected chi connectivity index (χ3v) is 5.54. The van der Waals surface area contributed by atoms with Crippen molar-refractivity contribution in [3.63, 3.8) is 0 Å². The van der Waals surface area contributed by atoms with E-state index in [1.165, 1.54) is 27.8 Å². The zero-order chi connectivity index (χ0) is 19.5. The summed E-state index contributed by atoms with van der Waals surface area (Å²) in [5, 5.41) is 9.30. The summed E-state index contributed by atoms with van der Waals surface area (Å²) in [5.74, 6) is 0. The first-order valence-electron chi connectivity index (χ1n) is 9.82. The topological polar surface area (TPSA) is 66.2 Å². The molecule has 1 fully saturated rings. The van der Waals surface area contributed by atoms with E-state index in [-0.39, 0.29) is 6.09 Å². The average Bonchev–Trinajstić information content (AvgIpc) is 2.90. The molecule has 0 unspecified atom stereocenters. The second kappa shape index (κ2) is 7.85. The number of piperidine rings is 1. The molecule has 2 aliphatic rings. The molecule has 1 aliphatic carbocycles. The zero-order valence-corrected chi connectivity index (χ0v) is 16.1. The second-order valence-electron chi connectivity index (χ2n) is 7.16. The Hall–Kier alpha value is -3.13. The van der Waals surface area contributed by atoms with E-state index in [4.69, 9.17) is 9.72 Å². The molecule has 0 spiro atoms. The lowest BCUT2D eigenvalue weighted by molar-refractivity contribution is 0.104. The van der Waals surface area contributed by atoms with Crippen LogP contribution >= 0.6 is 0 Å². The first-order chi connectivity index (χ1) is 13.7. The molecule has 1 amide bonds. The van der Waals surface area contributed by atoms with Gasteiger partial charge in [0.2, 0.25) is 0 Å². The van der Waals surface area contributed by atoms with Gasteiger partial charge in [0.1, 0.15) is 0 Å². The van der Waals surface area contributed by atoms with Crippen molar-refractivity contribution in [2.45, 2.75) is 32.6 Å². The monoisotopic (exact) mass is 373 g/mol. The van der Waals surface area contributed by atoms with Gasteiger partial charge in [0.15, 0.2) is 0 Å². The highest BCUT2D eigenvalue weighted by Crippen LogP contribution is 2.37. The van der Waals surface area contributed by atoms with E-state index in [1.807, 2.05) is 31.3 Å². The first kappa shape index (κ1) is 18.2. The van der Waals surface area contributed by atoms with Crippen LogP contribution in [0.1, 0.15) is 47.7 Å². The fourth-order valence-corrected chi connectivity index (χ4v) is 4.16. The number of nitriles is 1. The number of hydrogen-bond donors (Lipinski definition) is 0. The Morgan fingerprint density at radius 2 is 1.96 bits per heavy atom. The minimum absolute atomic E-state index is 0.231. The van der Waals surface area contributed by atoms with Crippen LogP contribution in [0.15, 0.2) is 42.1 Å². The minimum atomic E-state index is -0.231. The first-order valence-corrected chi connectivity index (χ1v) is 9.82. The molecule has 0 radical (unpaired) electrons. The number of hydrogen-bond acceptors (Lipinski definition) is 4. The van der Waals surface area contributed by atoms with E-state index >= 15 is 0 Å². The Balaban J connectivity index is 1.77. The maximum Gasteiger partial charge on any atom is 0.409 e. The predicted molar refractivity (Wildman–Crippen MR) is 107 cm³/mol. The summed E-state index contributed by atoms with van der Waals surface area (Å²) in [4.78, 5) is 18.6. The normalized spacial score (nSPS) is 15.9. The van der Waals surface area contributed by atoms with Crippen molar-refractivity contribution in [3.8, 4) is 6.07 Å². The Bertz CT molecular complexity index is 978. The smallest absolute Gasteiger partial charge is 0.409 e. The maximum atomic E-state index is 12.0. The van der Waals surface area contributed by atoms with E-state index in [0.29, 0.717) is 25.3 Å². The summed E-state index contributed by atoms with van der Waals surface area (Å²) >= 11 is 0. The number of carbonyl (C=O) groups excluding carboxylic acids is 1. The molecular formula is C23H23N3O2. The van der Waals surface area contributed by atoms with E-state index in [1.54, 1.807) is 4.90 Å². The van der Waals surface area contributed by atoms with Gasteiger partial charge in [-0.05, 0) is 67.5 Å². The lowest BCUT2D eigenvalue weighted by Crippen LogP contribution is -2.37. The highest BCUT2D eigenvalue weighted by Gasteiger charge is 2.26. The summed E-state index contributed by atoms with van der Waals surface area (Å²) in [7, 11) is 0. The number of ether oxygens (including phenoxy) is 1. The summed E-state index contributed by atoms with van der Waals surface area (Å²) < 4.78 is 5.15. The lowest BCUT2D eigenvalue weighted by Gasteiger charge is -2.29. The number of pyridine rings is 1. The minimum Gasteiger partial charge on any atom is -0.450 e. The van der Waals surface area contributed by atoms with E-state index in [2.05, 4.69) is 18.2 Å². The summed E-state index contributed by atoms with van der Waals surface area (Å²) in [5.41, 5.74) is 7.88. The zero-order valence-electron chi connectivity index (χ0n) is 16.1. The predicted octanol–water partition coefficient (Wildman–Crippen LogP) is 4.11. The molecular weight excluding hydrogens is 350 g/mol. The Labute approximate surface area is 165 Å². The number of carbonyl (C=O) groups is 1. The van der Waals surface area contributed by atoms with Crippen LogP contribution in [0.2, 0.25) is 0 Å². The van der Waals surface area contributed by atoms with Crippen molar-refractivity contribution < 1.29 is 9.53 Å². The fraction of sp³-hybridized carbons (Fsp3) is 0.348. The quantitative estimate of drug-likeness (QED) is 0.755. The van der Waals surface area contributed by atoms with E-state index < -0.39 is 0 Å². The van der Waals surface area contributed by atoms with Gasteiger partial charge < -0.3 is 9.64 Å². The molecule has 1 saturated heterocycles. The lowest BCUT2D eigenvalue weighted by atomic mass is 9.88. The summed E-state index contributed by atoms with van der Waals surface area (Å²) in [6.45, 7) is 3.54. The van der Waals surface area contributed by atoms with Crippen LogP contribution in [0.25, 0.3) is 5.57 Å². The third-order valence-electron chi connectivity index (χ3n) is 5.54. The van der Waals surface area contributed by atoms with Gasteiger partial charge in [0.25, 0.3) is 0 Å². The highest BCUT2D eigenvalue weighted by atomic mass is 16.6. The summed E-state index contributed by atoms with van der Waals surface area (Å²) in [6.07, 6.45) is 5.05. The van der Waals surface area contributed by atoms with Crippen molar-refractivity contribution in [3.05, 3.63) is 70.0 Å². The standard InChI is InChI=1S/C23H23N3O2/c1-2-28-23(27)26-12-9-17(10-13-26)21-20-8-5-16(15-24)14-19(20)7-6-18-4-3-11-25-22(18)21/h3-5,8,11,14H,2,6-7,9-10,12-13H2,1H3. The molecule has 5 heteroatoms. The number of aromatic nitrogens is 1. The van der Waals surface area contributed by atoms with Crippen molar-refractivity contribution in [2.75, 3.05) is 19.7 Å². The second-order valence-corrected chi connectivity index (χ2v) is 7.16. The number of aryl methyl sites for hydroxylation is 2. The van der Waals surface area contributed by atoms with E-state index in [9.17, 15) is 10.1 Å². The molecule has 0 N–H and O–H groups in total. The Morgan fingerprint density at radius 3 is 2.71 bits per heavy atom. The third kappa shape index (κ3) is 3.38.